The van der Waals surface area contributed by atoms with Crippen molar-refractivity contribution in [1.29, 1.82) is 0 Å². The topological polar surface area (TPSA) is 128 Å². The Hall–Kier alpha value is -1.91. The van der Waals surface area contributed by atoms with Crippen LogP contribution in [-0.2, 0) is 14.8 Å². The first-order valence-electron chi connectivity index (χ1n) is 5.58. The number of hydrogen-bond donors (Lipinski definition) is 2. The fourth-order valence-corrected chi connectivity index (χ4v) is 2.79. The van der Waals surface area contributed by atoms with Crippen LogP contribution in [0.3, 0.4) is 0 Å². The van der Waals surface area contributed by atoms with Gasteiger partial charge in [-0.2, -0.15) is 0 Å². The minimum Gasteiger partial charge on any atom is -0.449 e. The van der Waals surface area contributed by atoms with Crippen LogP contribution >= 0.6 is 11.6 Å². The third-order valence-electron chi connectivity index (χ3n) is 2.29. The van der Waals surface area contributed by atoms with Crippen LogP contribution in [0.5, 0.6) is 0 Å². The van der Waals surface area contributed by atoms with E-state index in [9.17, 15) is 23.3 Å². The smallest absolute Gasteiger partial charge is 0.422 e. The van der Waals surface area contributed by atoms with Gasteiger partial charge < -0.3 is 4.74 Å². The summed E-state index contributed by atoms with van der Waals surface area (Å²) in [5.41, 5.74) is 1.52. The Balaban J connectivity index is 3.07. The summed E-state index contributed by atoms with van der Waals surface area (Å²) >= 11 is 5.67. The van der Waals surface area contributed by atoms with Gasteiger partial charge in [-0.05, 0) is 25.5 Å². The number of halogens is 1. The zero-order valence-corrected chi connectivity index (χ0v) is 12.6. The van der Waals surface area contributed by atoms with Crippen LogP contribution in [-0.4, -0.2) is 26.0 Å². The molecular formula is C10H12ClN3O6S. The van der Waals surface area contributed by atoms with E-state index in [2.05, 4.69) is 4.74 Å². The Morgan fingerprint density at radius 3 is 2.62 bits per heavy atom. The molecule has 0 saturated heterocycles. The Labute approximate surface area is 125 Å². The summed E-state index contributed by atoms with van der Waals surface area (Å²) in [7, 11) is -4.14. The number of ether oxygens (including phenoxy) is 1. The van der Waals surface area contributed by atoms with Gasteiger partial charge in [-0.1, -0.05) is 11.6 Å². The second kappa shape index (κ2) is 6.70. The normalized spacial score (nSPS) is 11.0. The molecule has 0 fully saturated rings. The van der Waals surface area contributed by atoms with E-state index in [0.717, 1.165) is 12.1 Å². The number of hydrogen-bond acceptors (Lipinski definition) is 6. The first-order valence-corrected chi connectivity index (χ1v) is 7.44. The Bertz CT molecular complexity index is 676. The number of nitro groups is 1. The molecule has 0 unspecified atom stereocenters. The molecule has 2 N–H and O–H groups in total. The number of nitrogens with zero attached hydrogens (tertiary/aromatic N) is 1. The van der Waals surface area contributed by atoms with Crippen molar-refractivity contribution in [3.8, 4) is 0 Å². The van der Waals surface area contributed by atoms with Crippen LogP contribution in [0.25, 0.3) is 0 Å². The fourth-order valence-electron chi connectivity index (χ4n) is 1.41. The van der Waals surface area contributed by atoms with Gasteiger partial charge in [0.1, 0.15) is 5.02 Å². The largest absolute Gasteiger partial charge is 0.449 e. The van der Waals surface area contributed by atoms with Gasteiger partial charge in [-0.15, -0.1) is 4.83 Å². The number of carbonyl (C=O) groups excluding carboxylic acids is 1. The van der Waals surface area contributed by atoms with Gasteiger partial charge in [-0.25, -0.2) is 18.6 Å². The maximum absolute atomic E-state index is 12.0. The monoisotopic (exact) mass is 337 g/mol. The average molecular weight is 338 g/mol. The number of carbonyl (C=O) groups is 1. The van der Waals surface area contributed by atoms with E-state index in [1.54, 1.807) is 11.8 Å². The SMILES string of the molecule is CCOC(=O)NNS(=O)(=O)c1cc(Cl)c([N+](=O)[O-])cc1C. The summed E-state index contributed by atoms with van der Waals surface area (Å²) in [6, 6.07) is 1.96. The van der Waals surface area contributed by atoms with Crippen molar-refractivity contribution in [2.75, 3.05) is 6.61 Å². The molecule has 1 aromatic rings. The number of amides is 1. The number of sulfonamides is 1. The van der Waals surface area contributed by atoms with Crippen LogP contribution in [0.2, 0.25) is 5.02 Å². The van der Waals surface area contributed by atoms with Gasteiger partial charge in [0.15, 0.2) is 0 Å². The molecule has 0 aromatic heterocycles. The van der Waals surface area contributed by atoms with Crippen molar-refractivity contribution >= 4 is 33.4 Å². The molecule has 0 aliphatic carbocycles. The highest BCUT2D eigenvalue weighted by atomic mass is 35.5. The summed E-state index contributed by atoms with van der Waals surface area (Å²) in [5, 5.41) is 10.4. The molecule has 0 aliphatic heterocycles. The molecule has 11 heteroatoms. The predicted molar refractivity (Wildman–Crippen MR) is 73.3 cm³/mol. The van der Waals surface area contributed by atoms with Crippen LogP contribution in [0, 0.1) is 17.0 Å². The second-order valence-electron chi connectivity index (χ2n) is 3.78. The van der Waals surface area contributed by atoms with Gasteiger partial charge in [0.25, 0.3) is 15.7 Å². The highest BCUT2D eigenvalue weighted by molar-refractivity contribution is 7.89. The lowest BCUT2D eigenvalue weighted by Crippen LogP contribution is -2.42. The van der Waals surface area contributed by atoms with Crippen molar-refractivity contribution in [1.82, 2.24) is 10.3 Å². The first kappa shape index (κ1) is 17.1. The summed E-state index contributed by atoms with van der Waals surface area (Å²) < 4.78 is 28.5. The molecule has 1 aromatic carbocycles. The van der Waals surface area contributed by atoms with E-state index in [-0.39, 0.29) is 22.1 Å². The number of rotatable bonds is 5. The highest BCUT2D eigenvalue weighted by Gasteiger charge is 2.23. The van der Waals surface area contributed by atoms with Crippen molar-refractivity contribution in [2.45, 2.75) is 18.7 Å². The van der Waals surface area contributed by atoms with Gasteiger partial charge in [0.05, 0.1) is 16.4 Å². The predicted octanol–water partition coefficient (Wildman–Crippen LogP) is 1.50. The molecule has 0 bridgehead atoms. The minimum absolute atomic E-state index is 0.0654. The molecule has 0 heterocycles. The van der Waals surface area contributed by atoms with Crippen molar-refractivity contribution in [3.63, 3.8) is 0 Å². The molecule has 21 heavy (non-hydrogen) atoms. The lowest BCUT2D eigenvalue weighted by molar-refractivity contribution is -0.384. The Kier molecular flexibility index (Phi) is 5.47. The quantitative estimate of drug-likeness (QED) is 0.619. The molecule has 1 rings (SSSR count). The number of hydrazine groups is 1. The van der Waals surface area contributed by atoms with Gasteiger partial charge in [0.2, 0.25) is 0 Å². The molecule has 0 saturated carbocycles. The highest BCUT2D eigenvalue weighted by Crippen LogP contribution is 2.29. The van der Waals surface area contributed by atoms with Crippen molar-refractivity contribution in [2.24, 2.45) is 0 Å². The molecule has 0 atom stereocenters. The molecule has 116 valence electrons. The van der Waals surface area contributed by atoms with E-state index in [0.29, 0.717) is 0 Å². The van der Waals surface area contributed by atoms with E-state index in [1.807, 2.05) is 5.43 Å². The van der Waals surface area contributed by atoms with Crippen LogP contribution in [0.1, 0.15) is 12.5 Å². The molecule has 0 aliphatic rings. The Morgan fingerprint density at radius 2 is 2.10 bits per heavy atom. The zero-order valence-electron chi connectivity index (χ0n) is 11.0. The van der Waals surface area contributed by atoms with Crippen LogP contribution < -0.4 is 10.3 Å². The van der Waals surface area contributed by atoms with Crippen LogP contribution in [0.15, 0.2) is 17.0 Å². The summed E-state index contributed by atoms with van der Waals surface area (Å²) in [4.78, 5) is 22.5. The van der Waals surface area contributed by atoms with Crippen molar-refractivity contribution < 1.29 is 22.9 Å². The standard InChI is InChI=1S/C10H12ClN3O6S/c1-3-20-10(15)12-13-21(18,19)9-5-7(11)8(14(16)17)4-6(9)2/h4-5,13H,3H2,1-2H3,(H,12,15). The van der Waals surface area contributed by atoms with E-state index in [4.69, 9.17) is 11.6 Å². The lowest BCUT2D eigenvalue weighted by atomic mass is 10.2. The molecular weight excluding hydrogens is 326 g/mol. The third-order valence-corrected chi connectivity index (χ3v) is 3.99. The number of aryl methyl sites for hydroxylation is 1. The molecule has 9 nitrogen and oxygen atoms in total. The van der Waals surface area contributed by atoms with E-state index in [1.165, 1.54) is 6.92 Å². The van der Waals surface area contributed by atoms with E-state index >= 15 is 0 Å². The molecule has 0 spiro atoms. The zero-order chi connectivity index (χ0) is 16.2. The summed E-state index contributed by atoms with van der Waals surface area (Å²) in [5.74, 6) is 0. The average Bonchev–Trinajstić information content (AvgIpc) is 2.38. The van der Waals surface area contributed by atoms with Gasteiger partial charge in [-0.3, -0.25) is 10.1 Å². The summed E-state index contributed by atoms with van der Waals surface area (Å²) in [6.45, 7) is 2.98. The van der Waals surface area contributed by atoms with Crippen LogP contribution in [0.4, 0.5) is 10.5 Å². The molecule has 0 radical (unpaired) electrons. The summed E-state index contributed by atoms with van der Waals surface area (Å²) in [6.07, 6.45) is -0.980. The second-order valence-corrected chi connectivity index (χ2v) is 5.84. The fraction of sp³-hybridized carbons (Fsp3) is 0.300. The number of nitrogens with one attached hydrogen (secondary N) is 2. The number of nitro benzene ring substituents is 1. The number of benzene rings is 1. The van der Waals surface area contributed by atoms with Gasteiger partial charge in [0, 0.05) is 6.07 Å². The minimum atomic E-state index is -4.14. The van der Waals surface area contributed by atoms with E-state index < -0.39 is 26.7 Å². The third kappa shape index (κ3) is 4.28. The Morgan fingerprint density at radius 1 is 1.48 bits per heavy atom. The lowest BCUT2D eigenvalue weighted by Gasteiger charge is -2.10. The maximum atomic E-state index is 12.0. The van der Waals surface area contributed by atoms with Gasteiger partial charge >= 0.3 is 6.09 Å². The van der Waals surface area contributed by atoms with Crippen molar-refractivity contribution in [3.05, 3.63) is 32.8 Å². The maximum Gasteiger partial charge on any atom is 0.422 e. The first-order chi connectivity index (χ1) is 9.69. The molecule has 1 amide bonds.